The normalized spacial score (nSPS) is 14.9. The fraction of sp³-hybridized carbons (Fsp3) is 0.346. The molecule has 4 rings (SSSR count). The van der Waals surface area contributed by atoms with Crippen LogP contribution in [0.15, 0.2) is 48.7 Å². The molecule has 8 heteroatoms. The molecule has 8 nitrogen and oxygen atoms in total. The zero-order chi connectivity index (χ0) is 24.2. The predicted octanol–water partition coefficient (Wildman–Crippen LogP) is 3.92. The van der Waals surface area contributed by atoms with Crippen LogP contribution in [-0.4, -0.2) is 42.7 Å². The van der Waals surface area contributed by atoms with Gasteiger partial charge in [-0.25, -0.2) is 4.98 Å². The molecule has 1 aliphatic heterocycles. The van der Waals surface area contributed by atoms with E-state index in [1.165, 1.54) is 0 Å². The van der Waals surface area contributed by atoms with E-state index in [2.05, 4.69) is 10.3 Å². The van der Waals surface area contributed by atoms with E-state index in [9.17, 15) is 9.59 Å². The third kappa shape index (κ3) is 5.28. The molecule has 34 heavy (non-hydrogen) atoms. The van der Waals surface area contributed by atoms with Crippen molar-refractivity contribution in [1.82, 2.24) is 4.98 Å². The van der Waals surface area contributed by atoms with Gasteiger partial charge >= 0.3 is 0 Å². The van der Waals surface area contributed by atoms with Gasteiger partial charge in [0, 0.05) is 29.5 Å². The summed E-state index contributed by atoms with van der Waals surface area (Å²) in [6, 6.07) is 13.0. The predicted molar refractivity (Wildman–Crippen MR) is 133 cm³/mol. The lowest BCUT2D eigenvalue weighted by Crippen LogP contribution is -2.42. The van der Waals surface area contributed by atoms with Crippen LogP contribution in [0.4, 0.5) is 17.2 Å². The van der Waals surface area contributed by atoms with E-state index < -0.39 is 6.10 Å². The van der Waals surface area contributed by atoms with Gasteiger partial charge in [-0.15, -0.1) is 0 Å². The van der Waals surface area contributed by atoms with Gasteiger partial charge in [-0.3, -0.25) is 9.59 Å². The lowest BCUT2D eigenvalue weighted by molar-refractivity contribution is -0.125. The fourth-order valence-electron chi connectivity index (χ4n) is 4.08. The fourth-order valence-corrected chi connectivity index (χ4v) is 4.08. The summed E-state index contributed by atoms with van der Waals surface area (Å²) in [6.07, 6.45) is 1.53. The standard InChI is InChI=1S/C26H30N4O4/c1-16(2)12-23(34-20-6-4-18-8-9-28-25(27)21(18)14-20)26(32)29-19-5-7-22(17(3)13-19)30-10-11-33-15-24(30)31/h4-9,13-14,16,23H,10-12,15H2,1-3H3,(H2,27,28)(H,29,32)/t23-/m0/s1. The zero-order valence-electron chi connectivity index (χ0n) is 19.7. The number of fused-ring (bicyclic) bond motifs is 1. The Balaban J connectivity index is 1.51. The molecule has 0 radical (unpaired) electrons. The third-order valence-electron chi connectivity index (χ3n) is 5.77. The van der Waals surface area contributed by atoms with Crippen molar-refractivity contribution in [3.63, 3.8) is 0 Å². The van der Waals surface area contributed by atoms with Gasteiger partial charge in [0.15, 0.2) is 6.10 Å². The molecular formula is C26H30N4O4. The van der Waals surface area contributed by atoms with Gasteiger partial charge in [-0.2, -0.15) is 0 Å². The molecule has 2 heterocycles. The van der Waals surface area contributed by atoms with Crippen LogP contribution in [0.2, 0.25) is 0 Å². The summed E-state index contributed by atoms with van der Waals surface area (Å²) in [7, 11) is 0. The van der Waals surface area contributed by atoms with E-state index in [1.54, 1.807) is 17.2 Å². The molecule has 2 aromatic carbocycles. The second kappa shape index (κ2) is 10.1. The molecule has 3 aromatic rings. The number of aromatic nitrogens is 1. The van der Waals surface area contributed by atoms with Crippen LogP contribution in [0.3, 0.4) is 0 Å². The van der Waals surface area contributed by atoms with E-state index in [-0.39, 0.29) is 24.3 Å². The maximum absolute atomic E-state index is 13.2. The molecule has 0 bridgehead atoms. The maximum atomic E-state index is 13.2. The van der Waals surface area contributed by atoms with E-state index in [4.69, 9.17) is 15.2 Å². The lowest BCUT2D eigenvalue weighted by Gasteiger charge is -2.28. The second-order valence-corrected chi connectivity index (χ2v) is 8.90. The number of hydrogen-bond acceptors (Lipinski definition) is 6. The Bertz CT molecular complexity index is 1210. The molecule has 0 saturated carbocycles. The molecule has 1 fully saturated rings. The SMILES string of the molecule is Cc1cc(NC(=O)[C@H](CC(C)C)Oc2ccc3ccnc(N)c3c2)ccc1N1CCOCC1=O. The van der Waals surface area contributed by atoms with Gasteiger partial charge in [-0.05, 0) is 66.6 Å². The molecule has 1 aliphatic rings. The Labute approximate surface area is 199 Å². The number of aryl methyl sites for hydroxylation is 1. The number of amides is 2. The van der Waals surface area contributed by atoms with Crippen molar-refractivity contribution in [3.05, 3.63) is 54.2 Å². The number of pyridine rings is 1. The minimum absolute atomic E-state index is 0.0669. The first-order valence-corrected chi connectivity index (χ1v) is 11.4. The van der Waals surface area contributed by atoms with Crippen molar-refractivity contribution >= 4 is 39.8 Å². The van der Waals surface area contributed by atoms with Crippen molar-refractivity contribution < 1.29 is 19.1 Å². The van der Waals surface area contributed by atoms with Gasteiger partial charge in [0.1, 0.15) is 18.2 Å². The first kappa shape index (κ1) is 23.5. The highest BCUT2D eigenvalue weighted by Gasteiger charge is 2.24. The summed E-state index contributed by atoms with van der Waals surface area (Å²) in [5.41, 5.74) is 8.38. The number of nitrogens with two attached hydrogens (primary N) is 1. The van der Waals surface area contributed by atoms with Crippen LogP contribution in [0.1, 0.15) is 25.8 Å². The quantitative estimate of drug-likeness (QED) is 0.551. The highest BCUT2D eigenvalue weighted by Crippen LogP contribution is 2.27. The van der Waals surface area contributed by atoms with Crippen molar-refractivity contribution in [2.75, 3.05) is 35.7 Å². The molecule has 2 amide bonds. The molecule has 0 unspecified atom stereocenters. The number of benzene rings is 2. The molecule has 1 aromatic heterocycles. The molecule has 0 spiro atoms. The van der Waals surface area contributed by atoms with Gasteiger partial charge in [-0.1, -0.05) is 19.9 Å². The number of nitrogen functional groups attached to an aromatic ring is 1. The van der Waals surface area contributed by atoms with E-state index >= 15 is 0 Å². The average molecular weight is 463 g/mol. The van der Waals surface area contributed by atoms with Gasteiger partial charge in [0.25, 0.3) is 11.8 Å². The Morgan fingerprint density at radius 2 is 2.06 bits per heavy atom. The van der Waals surface area contributed by atoms with Gasteiger partial charge in [0.05, 0.1) is 6.61 Å². The highest BCUT2D eigenvalue weighted by atomic mass is 16.5. The molecule has 3 N–H and O–H groups in total. The number of hydrogen-bond donors (Lipinski definition) is 2. The molecular weight excluding hydrogens is 432 g/mol. The van der Waals surface area contributed by atoms with Crippen LogP contribution < -0.4 is 20.7 Å². The van der Waals surface area contributed by atoms with Crippen LogP contribution in [0.5, 0.6) is 5.75 Å². The van der Waals surface area contributed by atoms with E-state index in [1.807, 2.05) is 57.2 Å². The summed E-state index contributed by atoms with van der Waals surface area (Å²) in [5, 5.41) is 4.71. The number of ether oxygens (including phenoxy) is 2. The Kier molecular flexibility index (Phi) is 6.98. The van der Waals surface area contributed by atoms with Gasteiger partial charge in [0.2, 0.25) is 0 Å². The van der Waals surface area contributed by atoms with E-state index in [0.717, 1.165) is 22.0 Å². The number of rotatable bonds is 7. The largest absolute Gasteiger partial charge is 0.481 e. The zero-order valence-corrected chi connectivity index (χ0v) is 19.7. The monoisotopic (exact) mass is 462 g/mol. The van der Waals surface area contributed by atoms with Crippen LogP contribution >= 0.6 is 0 Å². The van der Waals surface area contributed by atoms with E-state index in [0.29, 0.717) is 36.8 Å². The molecule has 0 aliphatic carbocycles. The lowest BCUT2D eigenvalue weighted by atomic mass is 10.0. The summed E-state index contributed by atoms with van der Waals surface area (Å²) in [5.74, 6) is 0.928. The first-order valence-electron chi connectivity index (χ1n) is 11.4. The summed E-state index contributed by atoms with van der Waals surface area (Å²) < 4.78 is 11.3. The van der Waals surface area contributed by atoms with Crippen LogP contribution in [-0.2, 0) is 14.3 Å². The summed E-state index contributed by atoms with van der Waals surface area (Å²) in [4.78, 5) is 31.2. The second-order valence-electron chi connectivity index (χ2n) is 8.90. The topological polar surface area (TPSA) is 107 Å². The average Bonchev–Trinajstić information content (AvgIpc) is 2.80. The van der Waals surface area contributed by atoms with Gasteiger partial charge < -0.3 is 25.4 Å². The third-order valence-corrected chi connectivity index (χ3v) is 5.77. The summed E-state index contributed by atoms with van der Waals surface area (Å²) >= 11 is 0. The van der Waals surface area contributed by atoms with Crippen LogP contribution in [0.25, 0.3) is 10.8 Å². The minimum Gasteiger partial charge on any atom is -0.481 e. The number of carbonyl (C=O) groups excluding carboxylic acids is 2. The smallest absolute Gasteiger partial charge is 0.265 e. The number of morpholine rings is 1. The van der Waals surface area contributed by atoms with Crippen molar-refractivity contribution in [2.45, 2.75) is 33.3 Å². The Morgan fingerprint density at radius 1 is 1.24 bits per heavy atom. The minimum atomic E-state index is -0.684. The Hall–Kier alpha value is -3.65. The van der Waals surface area contributed by atoms with Crippen molar-refractivity contribution in [3.8, 4) is 5.75 Å². The Morgan fingerprint density at radius 3 is 2.79 bits per heavy atom. The number of carbonyl (C=O) groups is 2. The molecule has 178 valence electrons. The van der Waals surface area contributed by atoms with Crippen molar-refractivity contribution in [2.24, 2.45) is 5.92 Å². The molecule has 1 saturated heterocycles. The van der Waals surface area contributed by atoms with Crippen molar-refractivity contribution in [1.29, 1.82) is 0 Å². The highest BCUT2D eigenvalue weighted by molar-refractivity contribution is 5.97. The number of anilines is 3. The maximum Gasteiger partial charge on any atom is 0.265 e. The summed E-state index contributed by atoms with van der Waals surface area (Å²) in [6.45, 7) is 7.12. The number of nitrogens with one attached hydrogen (secondary N) is 1. The molecule has 1 atom stereocenters. The number of nitrogens with zero attached hydrogens (tertiary/aromatic N) is 2. The van der Waals surface area contributed by atoms with Crippen LogP contribution in [0, 0.1) is 12.8 Å². The first-order chi connectivity index (χ1) is 16.3.